The molecule has 0 aliphatic heterocycles. The summed E-state index contributed by atoms with van der Waals surface area (Å²) in [4.78, 5) is 5.93. The van der Waals surface area contributed by atoms with Crippen LogP contribution in [0.3, 0.4) is 0 Å². The van der Waals surface area contributed by atoms with Crippen LogP contribution >= 0.6 is 22.7 Å². The fourth-order valence-electron chi connectivity index (χ4n) is 2.02. The molecule has 0 amide bonds. The molecule has 3 rings (SSSR count). The van der Waals surface area contributed by atoms with Crippen molar-refractivity contribution >= 4 is 22.7 Å². The number of rotatable bonds is 4. The maximum Gasteiger partial charge on any atom is 0.140 e. The van der Waals surface area contributed by atoms with Crippen molar-refractivity contribution in [2.75, 3.05) is 0 Å². The Balaban J connectivity index is 1.78. The van der Waals surface area contributed by atoms with Crippen LogP contribution in [-0.2, 0) is 13.0 Å². The van der Waals surface area contributed by atoms with E-state index in [0.717, 1.165) is 18.8 Å². The molecule has 0 aliphatic carbocycles. The lowest BCUT2D eigenvalue weighted by Gasteiger charge is -2.06. The molecule has 0 fully saturated rings. The first-order chi connectivity index (χ1) is 8.84. The summed E-state index contributed by atoms with van der Waals surface area (Å²) in [6, 6.07) is 4.31. The van der Waals surface area contributed by atoms with Crippen LogP contribution in [0.15, 0.2) is 40.7 Å². The fraction of sp³-hybridized carbons (Fsp3) is 0.214. The molecule has 3 aromatic rings. The first-order valence-corrected chi connectivity index (χ1v) is 7.73. The van der Waals surface area contributed by atoms with Crippen molar-refractivity contribution in [2.45, 2.75) is 19.9 Å². The Morgan fingerprint density at radius 1 is 1.28 bits per heavy atom. The maximum absolute atomic E-state index is 4.45. The topological polar surface area (TPSA) is 17.8 Å². The molecule has 2 nitrogen and oxygen atoms in total. The van der Waals surface area contributed by atoms with Gasteiger partial charge < -0.3 is 4.57 Å². The van der Waals surface area contributed by atoms with E-state index in [9.17, 15) is 0 Å². The first-order valence-electron chi connectivity index (χ1n) is 5.91. The zero-order chi connectivity index (χ0) is 12.4. The average Bonchev–Trinajstić information content (AvgIpc) is 3.07. The van der Waals surface area contributed by atoms with E-state index in [1.807, 2.05) is 17.5 Å². The number of aryl methyl sites for hydroxylation is 3. The highest BCUT2D eigenvalue weighted by Gasteiger charge is 2.07. The Labute approximate surface area is 115 Å². The van der Waals surface area contributed by atoms with Crippen molar-refractivity contribution in [1.82, 2.24) is 9.55 Å². The second kappa shape index (κ2) is 5.08. The predicted octanol–water partition coefficient (Wildman–Crippen LogP) is 4.22. The van der Waals surface area contributed by atoms with Crippen molar-refractivity contribution in [2.24, 2.45) is 0 Å². The molecular formula is C14H14N2S2. The molecule has 18 heavy (non-hydrogen) atoms. The van der Waals surface area contributed by atoms with Gasteiger partial charge in [-0.2, -0.15) is 11.3 Å². The van der Waals surface area contributed by atoms with E-state index in [4.69, 9.17) is 0 Å². The fourth-order valence-corrected chi connectivity index (χ4v) is 3.56. The summed E-state index contributed by atoms with van der Waals surface area (Å²) in [5, 5.41) is 6.41. The molecular weight excluding hydrogens is 260 g/mol. The molecule has 0 radical (unpaired) electrons. The monoisotopic (exact) mass is 274 g/mol. The van der Waals surface area contributed by atoms with Crippen molar-refractivity contribution in [3.05, 3.63) is 51.1 Å². The van der Waals surface area contributed by atoms with Crippen LogP contribution in [0.25, 0.3) is 11.4 Å². The number of aromatic nitrogens is 2. The summed E-state index contributed by atoms with van der Waals surface area (Å²) < 4.78 is 2.24. The molecule has 92 valence electrons. The van der Waals surface area contributed by atoms with Gasteiger partial charge in [0.2, 0.25) is 0 Å². The molecule has 0 aliphatic rings. The van der Waals surface area contributed by atoms with Crippen LogP contribution in [0.1, 0.15) is 10.4 Å². The standard InChI is InChI=1S/C14H14N2S2/c1-11-3-9-18-13(11)2-6-16-7-5-15-14(16)12-4-8-17-10-12/h3-5,7-10H,2,6H2,1H3. The van der Waals surface area contributed by atoms with E-state index < -0.39 is 0 Å². The molecule has 0 saturated heterocycles. The van der Waals surface area contributed by atoms with Crippen molar-refractivity contribution in [3.63, 3.8) is 0 Å². The van der Waals surface area contributed by atoms with Gasteiger partial charge in [-0.3, -0.25) is 0 Å². The number of hydrogen-bond donors (Lipinski definition) is 0. The van der Waals surface area contributed by atoms with E-state index in [-0.39, 0.29) is 0 Å². The number of nitrogens with zero attached hydrogens (tertiary/aromatic N) is 2. The van der Waals surface area contributed by atoms with Gasteiger partial charge in [0.25, 0.3) is 0 Å². The van der Waals surface area contributed by atoms with Gasteiger partial charge in [-0.05, 0) is 35.4 Å². The average molecular weight is 274 g/mol. The quantitative estimate of drug-likeness (QED) is 0.696. The Bertz CT molecular complexity index is 620. The predicted molar refractivity (Wildman–Crippen MR) is 78.3 cm³/mol. The van der Waals surface area contributed by atoms with Gasteiger partial charge in [-0.25, -0.2) is 4.98 Å². The largest absolute Gasteiger partial charge is 0.331 e. The molecule has 0 N–H and O–H groups in total. The minimum atomic E-state index is 0.993. The van der Waals surface area contributed by atoms with Crippen LogP contribution in [-0.4, -0.2) is 9.55 Å². The summed E-state index contributed by atoms with van der Waals surface area (Å²) in [5.41, 5.74) is 2.62. The molecule has 0 aromatic carbocycles. The van der Waals surface area contributed by atoms with Crippen molar-refractivity contribution in [3.8, 4) is 11.4 Å². The van der Waals surface area contributed by atoms with Gasteiger partial charge in [0, 0.05) is 41.2 Å². The summed E-state index contributed by atoms with van der Waals surface area (Å²) in [7, 11) is 0. The lowest BCUT2D eigenvalue weighted by Crippen LogP contribution is -2.01. The maximum atomic E-state index is 4.45. The van der Waals surface area contributed by atoms with Gasteiger partial charge in [0.1, 0.15) is 5.82 Å². The molecule has 0 saturated carbocycles. The van der Waals surface area contributed by atoms with Crippen molar-refractivity contribution < 1.29 is 0 Å². The zero-order valence-electron chi connectivity index (χ0n) is 10.2. The number of imidazole rings is 1. The highest BCUT2D eigenvalue weighted by atomic mass is 32.1. The van der Waals surface area contributed by atoms with Crippen molar-refractivity contribution in [1.29, 1.82) is 0 Å². The van der Waals surface area contributed by atoms with E-state index in [2.05, 4.69) is 50.9 Å². The Morgan fingerprint density at radius 3 is 2.94 bits per heavy atom. The Morgan fingerprint density at radius 2 is 2.22 bits per heavy atom. The summed E-state index contributed by atoms with van der Waals surface area (Å²) in [5.74, 6) is 1.07. The minimum absolute atomic E-state index is 0.993. The molecule has 0 spiro atoms. The van der Waals surface area contributed by atoms with Gasteiger partial charge in [0.15, 0.2) is 0 Å². The highest BCUT2D eigenvalue weighted by Crippen LogP contribution is 2.22. The normalized spacial score (nSPS) is 10.9. The van der Waals surface area contributed by atoms with Gasteiger partial charge >= 0.3 is 0 Å². The van der Waals surface area contributed by atoms with Gasteiger partial charge in [-0.15, -0.1) is 11.3 Å². The first kappa shape index (κ1) is 11.7. The van der Waals surface area contributed by atoms with Gasteiger partial charge in [0.05, 0.1) is 0 Å². The molecule has 0 atom stereocenters. The van der Waals surface area contributed by atoms with E-state index >= 15 is 0 Å². The molecule has 4 heteroatoms. The van der Waals surface area contributed by atoms with E-state index in [1.165, 1.54) is 16.0 Å². The summed E-state index contributed by atoms with van der Waals surface area (Å²) in [6.45, 7) is 3.17. The second-order valence-corrected chi connectivity index (χ2v) is 6.01. The molecule has 3 aromatic heterocycles. The third-order valence-electron chi connectivity index (χ3n) is 3.04. The van der Waals surface area contributed by atoms with Crippen LogP contribution in [0.2, 0.25) is 0 Å². The lowest BCUT2D eigenvalue weighted by atomic mass is 10.2. The Kier molecular flexibility index (Phi) is 3.30. The third kappa shape index (κ3) is 2.26. The number of thiophene rings is 2. The Hall–Kier alpha value is -1.39. The van der Waals surface area contributed by atoms with Crippen LogP contribution < -0.4 is 0 Å². The minimum Gasteiger partial charge on any atom is -0.331 e. The lowest BCUT2D eigenvalue weighted by molar-refractivity contribution is 0.707. The van der Waals surface area contributed by atoms with Gasteiger partial charge in [-0.1, -0.05) is 0 Å². The summed E-state index contributed by atoms with van der Waals surface area (Å²) >= 11 is 3.56. The van der Waals surface area contributed by atoms with E-state index in [1.54, 1.807) is 11.3 Å². The SMILES string of the molecule is Cc1ccsc1CCn1ccnc1-c1ccsc1. The molecule has 3 heterocycles. The zero-order valence-corrected chi connectivity index (χ0v) is 11.8. The smallest absolute Gasteiger partial charge is 0.140 e. The van der Waals surface area contributed by atoms with Crippen LogP contribution in [0.4, 0.5) is 0 Å². The highest BCUT2D eigenvalue weighted by molar-refractivity contribution is 7.10. The van der Waals surface area contributed by atoms with Crippen LogP contribution in [0.5, 0.6) is 0 Å². The molecule has 0 unspecified atom stereocenters. The third-order valence-corrected chi connectivity index (χ3v) is 4.81. The van der Waals surface area contributed by atoms with E-state index in [0.29, 0.717) is 0 Å². The summed E-state index contributed by atoms with van der Waals surface area (Å²) in [6.07, 6.45) is 5.03. The second-order valence-electron chi connectivity index (χ2n) is 4.23. The van der Waals surface area contributed by atoms with Crippen LogP contribution in [0, 0.1) is 6.92 Å². The molecule has 0 bridgehead atoms. The number of hydrogen-bond acceptors (Lipinski definition) is 3.